The van der Waals surface area contributed by atoms with Crippen LogP contribution in [0.3, 0.4) is 0 Å². The van der Waals surface area contributed by atoms with Crippen LogP contribution in [-0.2, 0) is 5.54 Å². The van der Waals surface area contributed by atoms with Gasteiger partial charge >= 0.3 is 0 Å². The zero-order chi connectivity index (χ0) is 16.0. The van der Waals surface area contributed by atoms with Crippen molar-refractivity contribution in [2.75, 3.05) is 0 Å². The van der Waals surface area contributed by atoms with Crippen LogP contribution in [0.25, 0.3) is 17.3 Å². The maximum Gasteiger partial charge on any atom is 0.259 e. The summed E-state index contributed by atoms with van der Waals surface area (Å²) >= 11 is 0. The number of hydrogen-bond acceptors (Lipinski definition) is 6. The molecule has 23 heavy (non-hydrogen) atoms. The van der Waals surface area contributed by atoms with Crippen LogP contribution in [0.5, 0.6) is 0 Å². The molecule has 4 rings (SSSR count). The molecule has 0 amide bonds. The number of rotatable bonds is 3. The van der Waals surface area contributed by atoms with Crippen molar-refractivity contribution in [2.24, 2.45) is 5.73 Å². The fraction of sp³-hybridized carbons (Fsp3) is 0.375. The van der Waals surface area contributed by atoms with Crippen molar-refractivity contribution in [2.45, 2.75) is 38.6 Å². The highest BCUT2D eigenvalue weighted by atomic mass is 16.5. The molecule has 0 bridgehead atoms. The third kappa shape index (κ3) is 2.33. The van der Waals surface area contributed by atoms with Gasteiger partial charge in [-0.25, -0.2) is 9.67 Å². The Labute approximate surface area is 133 Å². The van der Waals surface area contributed by atoms with E-state index in [2.05, 4.69) is 20.2 Å². The monoisotopic (exact) mass is 310 g/mol. The number of nitrogens with two attached hydrogens (primary N) is 1. The number of hydrogen-bond donors (Lipinski definition) is 1. The SMILES string of the molecule is Cc1cc(C)n(-c2ccc(-c3nc(C4(N)CCC4)no3)cn2)n1. The fourth-order valence-corrected chi connectivity index (χ4v) is 2.82. The second kappa shape index (κ2) is 4.99. The van der Waals surface area contributed by atoms with Gasteiger partial charge in [0.2, 0.25) is 0 Å². The Kier molecular flexibility index (Phi) is 3.05. The average Bonchev–Trinajstić information content (AvgIpc) is 3.12. The van der Waals surface area contributed by atoms with Crippen molar-refractivity contribution in [1.29, 1.82) is 0 Å². The van der Waals surface area contributed by atoms with E-state index in [1.165, 1.54) is 0 Å². The molecule has 0 unspecified atom stereocenters. The van der Waals surface area contributed by atoms with Gasteiger partial charge in [0.25, 0.3) is 5.89 Å². The van der Waals surface area contributed by atoms with Crippen molar-refractivity contribution in [3.8, 4) is 17.3 Å². The summed E-state index contributed by atoms with van der Waals surface area (Å²) in [5, 5.41) is 8.45. The molecule has 0 spiro atoms. The average molecular weight is 310 g/mol. The lowest BCUT2D eigenvalue weighted by atomic mass is 9.77. The second-order valence-corrected chi connectivity index (χ2v) is 6.18. The Balaban J connectivity index is 1.62. The molecule has 3 aromatic heterocycles. The lowest BCUT2D eigenvalue weighted by Crippen LogP contribution is -2.44. The molecular formula is C16H18N6O. The van der Waals surface area contributed by atoms with Crippen molar-refractivity contribution in [1.82, 2.24) is 24.9 Å². The quantitative estimate of drug-likeness (QED) is 0.797. The van der Waals surface area contributed by atoms with E-state index < -0.39 is 5.54 Å². The first kappa shape index (κ1) is 14.1. The molecule has 118 valence electrons. The molecule has 0 aliphatic heterocycles. The van der Waals surface area contributed by atoms with Crippen molar-refractivity contribution >= 4 is 0 Å². The Morgan fingerprint density at radius 3 is 2.65 bits per heavy atom. The van der Waals surface area contributed by atoms with Crippen molar-refractivity contribution in [3.63, 3.8) is 0 Å². The lowest BCUT2D eigenvalue weighted by Gasteiger charge is -2.34. The predicted octanol–water partition coefficient (Wildman–Crippen LogP) is 2.27. The van der Waals surface area contributed by atoms with Crippen LogP contribution in [0.4, 0.5) is 0 Å². The number of aromatic nitrogens is 5. The molecular weight excluding hydrogens is 292 g/mol. The predicted molar refractivity (Wildman–Crippen MR) is 83.8 cm³/mol. The number of pyridine rings is 1. The minimum absolute atomic E-state index is 0.418. The van der Waals surface area contributed by atoms with Gasteiger partial charge in [-0.2, -0.15) is 10.1 Å². The van der Waals surface area contributed by atoms with Crippen LogP contribution in [0.15, 0.2) is 28.9 Å². The molecule has 0 radical (unpaired) electrons. The minimum atomic E-state index is -0.418. The molecule has 0 aromatic carbocycles. The Hall–Kier alpha value is -2.54. The van der Waals surface area contributed by atoms with Crippen LogP contribution in [0.2, 0.25) is 0 Å². The van der Waals surface area contributed by atoms with Crippen LogP contribution < -0.4 is 5.73 Å². The molecule has 1 saturated carbocycles. The Bertz CT molecular complexity index is 844. The second-order valence-electron chi connectivity index (χ2n) is 6.18. The first-order valence-corrected chi connectivity index (χ1v) is 7.68. The van der Waals surface area contributed by atoms with Crippen molar-refractivity contribution in [3.05, 3.63) is 41.6 Å². The van der Waals surface area contributed by atoms with Gasteiger partial charge in [0.1, 0.15) is 0 Å². The third-order valence-corrected chi connectivity index (χ3v) is 4.34. The summed E-state index contributed by atoms with van der Waals surface area (Å²) in [4.78, 5) is 8.88. The highest BCUT2D eigenvalue weighted by Gasteiger charge is 2.39. The molecule has 0 saturated heterocycles. The van der Waals surface area contributed by atoms with Gasteiger partial charge in [0.15, 0.2) is 11.6 Å². The standard InChI is InChI=1S/C16H18N6O/c1-10-8-11(2)22(20-10)13-5-4-12(9-18-13)14-19-15(21-23-14)16(17)6-3-7-16/h4-5,8-9H,3,6-7,17H2,1-2H3. The van der Waals surface area contributed by atoms with Gasteiger partial charge in [-0.3, -0.25) is 0 Å². The summed E-state index contributed by atoms with van der Waals surface area (Å²) in [6, 6.07) is 5.80. The summed E-state index contributed by atoms with van der Waals surface area (Å²) in [5.74, 6) is 1.79. The summed E-state index contributed by atoms with van der Waals surface area (Å²) in [7, 11) is 0. The van der Waals surface area contributed by atoms with Gasteiger partial charge in [-0.05, 0) is 51.3 Å². The zero-order valence-electron chi connectivity index (χ0n) is 13.2. The first-order valence-electron chi connectivity index (χ1n) is 7.68. The van der Waals surface area contributed by atoms with E-state index in [-0.39, 0.29) is 0 Å². The van der Waals surface area contributed by atoms with Crippen molar-refractivity contribution < 1.29 is 4.52 Å². The molecule has 7 nitrogen and oxygen atoms in total. The molecule has 1 fully saturated rings. The zero-order valence-corrected chi connectivity index (χ0v) is 13.2. The summed E-state index contributed by atoms with van der Waals surface area (Å²) < 4.78 is 7.15. The topological polar surface area (TPSA) is 95.7 Å². The largest absolute Gasteiger partial charge is 0.334 e. The van der Waals surface area contributed by atoms with Crippen LogP contribution in [0, 0.1) is 13.8 Å². The molecule has 3 heterocycles. The minimum Gasteiger partial charge on any atom is -0.334 e. The molecule has 7 heteroatoms. The fourth-order valence-electron chi connectivity index (χ4n) is 2.82. The number of nitrogens with zero attached hydrogens (tertiary/aromatic N) is 5. The lowest BCUT2D eigenvalue weighted by molar-refractivity contribution is 0.229. The number of aryl methyl sites for hydroxylation is 2. The van der Waals surface area contributed by atoms with E-state index in [9.17, 15) is 0 Å². The van der Waals surface area contributed by atoms with E-state index in [1.807, 2.05) is 36.7 Å². The van der Waals surface area contributed by atoms with Gasteiger partial charge in [0.05, 0.1) is 16.8 Å². The normalized spacial score (nSPS) is 16.3. The smallest absolute Gasteiger partial charge is 0.259 e. The summed E-state index contributed by atoms with van der Waals surface area (Å²) in [6.07, 6.45) is 4.63. The summed E-state index contributed by atoms with van der Waals surface area (Å²) in [6.45, 7) is 3.96. The van der Waals surface area contributed by atoms with Crippen LogP contribution >= 0.6 is 0 Å². The van der Waals surface area contributed by atoms with E-state index in [4.69, 9.17) is 10.3 Å². The van der Waals surface area contributed by atoms with Gasteiger partial charge < -0.3 is 10.3 Å². The molecule has 2 N–H and O–H groups in total. The molecule has 1 aliphatic carbocycles. The van der Waals surface area contributed by atoms with E-state index in [0.717, 1.165) is 42.0 Å². The van der Waals surface area contributed by atoms with E-state index >= 15 is 0 Å². The van der Waals surface area contributed by atoms with Gasteiger partial charge in [-0.1, -0.05) is 5.16 Å². The maximum atomic E-state index is 6.22. The Morgan fingerprint density at radius 2 is 2.09 bits per heavy atom. The van der Waals surface area contributed by atoms with Crippen LogP contribution in [0.1, 0.15) is 36.5 Å². The summed E-state index contributed by atoms with van der Waals surface area (Å²) in [5.41, 5.74) is 8.58. The van der Waals surface area contributed by atoms with Gasteiger partial charge in [0, 0.05) is 11.9 Å². The van der Waals surface area contributed by atoms with Crippen LogP contribution in [-0.4, -0.2) is 24.9 Å². The maximum absolute atomic E-state index is 6.22. The molecule has 1 aliphatic rings. The van der Waals surface area contributed by atoms with Gasteiger partial charge in [-0.15, -0.1) is 0 Å². The Morgan fingerprint density at radius 1 is 1.26 bits per heavy atom. The third-order valence-electron chi connectivity index (χ3n) is 4.34. The highest BCUT2D eigenvalue weighted by molar-refractivity contribution is 5.52. The first-order chi connectivity index (χ1) is 11.0. The highest BCUT2D eigenvalue weighted by Crippen LogP contribution is 2.37. The van der Waals surface area contributed by atoms with E-state index in [1.54, 1.807) is 6.20 Å². The molecule has 0 atom stereocenters. The molecule has 3 aromatic rings. The van der Waals surface area contributed by atoms with E-state index in [0.29, 0.717) is 11.7 Å².